The molecule has 4 nitrogen and oxygen atoms in total. The predicted octanol–water partition coefficient (Wildman–Crippen LogP) is 3.82. The number of aromatic nitrogens is 1. The van der Waals surface area contributed by atoms with Crippen LogP contribution in [0.5, 0.6) is 5.75 Å². The van der Waals surface area contributed by atoms with Crippen molar-refractivity contribution in [1.82, 2.24) is 15.2 Å². The van der Waals surface area contributed by atoms with Gasteiger partial charge >= 0.3 is 0 Å². The van der Waals surface area contributed by atoms with E-state index in [0.717, 1.165) is 48.0 Å². The van der Waals surface area contributed by atoms with Gasteiger partial charge in [0.15, 0.2) is 0 Å². The lowest BCUT2D eigenvalue weighted by Crippen LogP contribution is -2.45. The second-order valence-electron chi connectivity index (χ2n) is 6.36. The van der Waals surface area contributed by atoms with E-state index in [9.17, 15) is 0 Å². The number of para-hydroxylation sites is 1. The van der Waals surface area contributed by atoms with Gasteiger partial charge in [-0.05, 0) is 29.8 Å². The highest BCUT2D eigenvalue weighted by Crippen LogP contribution is 2.39. The molecule has 1 aliphatic rings. The maximum absolute atomic E-state index is 6.34. The molecule has 1 saturated heterocycles. The van der Waals surface area contributed by atoms with Crippen LogP contribution in [0.15, 0.2) is 48.7 Å². The highest BCUT2D eigenvalue weighted by Gasteiger charge is 2.28. The molecule has 0 bridgehead atoms. The molecule has 5 heteroatoms. The lowest BCUT2D eigenvalue weighted by Gasteiger charge is -2.36. The topological polar surface area (TPSA) is 40.3 Å². The van der Waals surface area contributed by atoms with Crippen LogP contribution in [0.3, 0.4) is 0 Å². The average Bonchev–Trinajstić information content (AvgIpc) is 3.07. The van der Waals surface area contributed by atoms with Gasteiger partial charge in [0.1, 0.15) is 5.75 Å². The van der Waals surface area contributed by atoms with Crippen molar-refractivity contribution in [3.8, 4) is 5.75 Å². The molecule has 2 N–H and O–H groups in total. The van der Waals surface area contributed by atoms with Gasteiger partial charge in [-0.3, -0.25) is 4.90 Å². The summed E-state index contributed by atoms with van der Waals surface area (Å²) in [7, 11) is 1.72. The quantitative estimate of drug-likeness (QED) is 0.747. The zero-order valence-corrected chi connectivity index (χ0v) is 15.0. The standard InChI is InChI=1S/C20H22ClN3O/c1-25-19-7-6-14(21)12-16(19)20(24-10-8-22-9-11-24)17-13-23-18-5-3-2-4-15(17)18/h2-7,12-13,20,22-23H,8-11H2,1H3. The number of fused-ring (bicyclic) bond motifs is 1. The monoisotopic (exact) mass is 355 g/mol. The molecule has 0 saturated carbocycles. The number of nitrogens with zero attached hydrogens (tertiary/aromatic N) is 1. The number of rotatable bonds is 4. The Morgan fingerprint density at radius 1 is 1.08 bits per heavy atom. The van der Waals surface area contributed by atoms with Crippen molar-refractivity contribution in [3.63, 3.8) is 0 Å². The number of aromatic amines is 1. The van der Waals surface area contributed by atoms with Crippen LogP contribution in [0.2, 0.25) is 5.02 Å². The van der Waals surface area contributed by atoms with Gasteiger partial charge in [-0.2, -0.15) is 0 Å². The summed E-state index contributed by atoms with van der Waals surface area (Å²) in [5.74, 6) is 0.873. The van der Waals surface area contributed by atoms with E-state index >= 15 is 0 Å². The highest BCUT2D eigenvalue weighted by atomic mass is 35.5. The van der Waals surface area contributed by atoms with Crippen molar-refractivity contribution in [1.29, 1.82) is 0 Å². The molecule has 0 radical (unpaired) electrons. The zero-order valence-electron chi connectivity index (χ0n) is 14.3. The lowest BCUT2D eigenvalue weighted by molar-refractivity contribution is 0.196. The third-order valence-corrected chi connectivity index (χ3v) is 5.15. The molecule has 0 aliphatic carbocycles. The van der Waals surface area contributed by atoms with Crippen LogP contribution < -0.4 is 10.1 Å². The zero-order chi connectivity index (χ0) is 17.2. The number of halogens is 1. The van der Waals surface area contributed by atoms with Crippen LogP contribution in [0.1, 0.15) is 17.2 Å². The molecule has 1 aliphatic heterocycles. The minimum Gasteiger partial charge on any atom is -0.496 e. The fourth-order valence-electron chi connectivity index (χ4n) is 3.74. The van der Waals surface area contributed by atoms with Crippen molar-refractivity contribution in [2.45, 2.75) is 6.04 Å². The van der Waals surface area contributed by atoms with E-state index in [1.54, 1.807) is 7.11 Å². The number of hydrogen-bond acceptors (Lipinski definition) is 3. The SMILES string of the molecule is COc1ccc(Cl)cc1C(c1c[nH]c2ccccc12)N1CCNCC1. The number of nitrogens with one attached hydrogen (secondary N) is 2. The van der Waals surface area contributed by atoms with Crippen LogP contribution in [0.4, 0.5) is 0 Å². The first kappa shape index (κ1) is 16.5. The minimum atomic E-state index is 0.104. The molecular formula is C20H22ClN3O. The Morgan fingerprint density at radius 3 is 2.68 bits per heavy atom. The molecule has 2 aromatic carbocycles. The van der Waals surface area contributed by atoms with Crippen LogP contribution in [-0.2, 0) is 0 Å². The van der Waals surface area contributed by atoms with E-state index in [-0.39, 0.29) is 6.04 Å². The maximum atomic E-state index is 6.34. The molecule has 1 unspecified atom stereocenters. The van der Waals surface area contributed by atoms with Gasteiger partial charge in [0, 0.05) is 53.9 Å². The Morgan fingerprint density at radius 2 is 1.88 bits per heavy atom. The molecule has 3 aromatic rings. The summed E-state index contributed by atoms with van der Waals surface area (Å²) in [5, 5.41) is 5.41. The smallest absolute Gasteiger partial charge is 0.124 e. The number of piperazine rings is 1. The highest BCUT2D eigenvalue weighted by molar-refractivity contribution is 6.30. The van der Waals surface area contributed by atoms with Gasteiger partial charge in [-0.25, -0.2) is 0 Å². The van der Waals surface area contributed by atoms with Crippen molar-refractivity contribution in [3.05, 3.63) is 64.8 Å². The summed E-state index contributed by atoms with van der Waals surface area (Å²) < 4.78 is 5.67. The van der Waals surface area contributed by atoms with Gasteiger partial charge in [-0.1, -0.05) is 29.8 Å². The molecule has 4 rings (SSSR count). The summed E-state index contributed by atoms with van der Waals surface area (Å²) in [6.45, 7) is 3.95. The molecule has 25 heavy (non-hydrogen) atoms. The third kappa shape index (κ3) is 3.13. The van der Waals surface area contributed by atoms with Crippen molar-refractivity contribution >= 4 is 22.5 Å². The summed E-state index contributed by atoms with van der Waals surface area (Å²) in [5.41, 5.74) is 3.53. The second kappa shape index (κ2) is 7.08. The molecular weight excluding hydrogens is 334 g/mol. The summed E-state index contributed by atoms with van der Waals surface area (Å²) >= 11 is 6.34. The lowest BCUT2D eigenvalue weighted by atomic mass is 9.95. The molecule has 1 atom stereocenters. The van der Waals surface area contributed by atoms with Crippen LogP contribution in [-0.4, -0.2) is 43.2 Å². The van der Waals surface area contributed by atoms with Crippen molar-refractivity contribution < 1.29 is 4.74 Å². The Labute approximate surface area is 152 Å². The number of methoxy groups -OCH3 is 1. The number of hydrogen-bond donors (Lipinski definition) is 2. The van der Waals surface area contributed by atoms with E-state index in [0.29, 0.717) is 0 Å². The second-order valence-corrected chi connectivity index (χ2v) is 6.80. The van der Waals surface area contributed by atoms with Crippen LogP contribution in [0, 0.1) is 0 Å². The van der Waals surface area contributed by atoms with Gasteiger partial charge in [0.25, 0.3) is 0 Å². The fourth-order valence-corrected chi connectivity index (χ4v) is 3.92. The van der Waals surface area contributed by atoms with E-state index in [4.69, 9.17) is 16.3 Å². The Hall–Kier alpha value is -2.01. The van der Waals surface area contributed by atoms with E-state index in [1.807, 2.05) is 18.2 Å². The molecule has 0 spiro atoms. The van der Waals surface area contributed by atoms with Crippen molar-refractivity contribution in [2.75, 3.05) is 33.3 Å². The summed E-state index contributed by atoms with van der Waals surface area (Å²) in [6, 6.07) is 14.4. The minimum absolute atomic E-state index is 0.104. The van der Waals surface area contributed by atoms with Gasteiger partial charge < -0.3 is 15.0 Å². The largest absolute Gasteiger partial charge is 0.496 e. The number of ether oxygens (including phenoxy) is 1. The Bertz CT molecular complexity index is 870. The maximum Gasteiger partial charge on any atom is 0.124 e. The predicted molar refractivity (Wildman–Crippen MR) is 103 cm³/mol. The first-order valence-electron chi connectivity index (χ1n) is 8.62. The van der Waals surface area contributed by atoms with Crippen LogP contribution >= 0.6 is 11.6 Å². The van der Waals surface area contributed by atoms with Crippen molar-refractivity contribution in [2.24, 2.45) is 0 Å². The Kier molecular flexibility index (Phi) is 4.66. The molecule has 130 valence electrons. The first-order valence-corrected chi connectivity index (χ1v) is 9.00. The van der Waals surface area contributed by atoms with E-state index in [2.05, 4.69) is 45.7 Å². The average molecular weight is 356 g/mol. The fraction of sp³-hybridized carbons (Fsp3) is 0.300. The number of H-pyrrole nitrogens is 1. The van der Waals surface area contributed by atoms with Crippen LogP contribution in [0.25, 0.3) is 10.9 Å². The Balaban J connectivity index is 1.89. The first-order chi connectivity index (χ1) is 12.3. The van der Waals surface area contributed by atoms with Gasteiger partial charge in [0.05, 0.1) is 13.2 Å². The molecule has 0 amide bonds. The molecule has 1 fully saturated rings. The van der Waals surface area contributed by atoms with Gasteiger partial charge in [-0.15, -0.1) is 0 Å². The normalized spacial score (nSPS) is 16.9. The van der Waals surface area contributed by atoms with E-state index < -0.39 is 0 Å². The molecule has 1 aromatic heterocycles. The van der Waals surface area contributed by atoms with E-state index in [1.165, 1.54) is 10.9 Å². The van der Waals surface area contributed by atoms with Gasteiger partial charge in [0.2, 0.25) is 0 Å². The molecule has 2 heterocycles. The third-order valence-electron chi connectivity index (χ3n) is 4.92. The number of benzene rings is 2. The summed E-state index contributed by atoms with van der Waals surface area (Å²) in [6.07, 6.45) is 2.12. The summed E-state index contributed by atoms with van der Waals surface area (Å²) in [4.78, 5) is 5.91.